The summed E-state index contributed by atoms with van der Waals surface area (Å²) in [6.07, 6.45) is 9.18. The molecule has 1 saturated carbocycles. The van der Waals surface area contributed by atoms with Crippen LogP contribution in [0, 0.1) is 17.3 Å². The number of hydrogen-bond donors (Lipinski definition) is 1. The smallest absolute Gasteiger partial charge is 0.223 e. The average molecular weight is 338 g/mol. The molecule has 2 aliphatic rings. The first-order valence-corrected chi connectivity index (χ1v) is 10.0. The van der Waals surface area contributed by atoms with Gasteiger partial charge >= 0.3 is 0 Å². The number of nitrogens with zero attached hydrogens (tertiary/aromatic N) is 2. The van der Waals surface area contributed by atoms with Crippen molar-refractivity contribution in [3.05, 3.63) is 0 Å². The van der Waals surface area contributed by atoms with Crippen molar-refractivity contribution in [3.63, 3.8) is 0 Å². The van der Waals surface area contributed by atoms with E-state index in [-0.39, 0.29) is 17.2 Å². The van der Waals surface area contributed by atoms with Gasteiger partial charge in [0.15, 0.2) is 0 Å². The fourth-order valence-corrected chi connectivity index (χ4v) is 4.50. The molecule has 0 radical (unpaired) electrons. The number of hydrogen-bond acceptors (Lipinski definition) is 3. The molecular weight excluding hydrogens is 298 g/mol. The number of likely N-dealkylation sites (tertiary alicyclic amines) is 1. The van der Waals surface area contributed by atoms with Crippen LogP contribution in [0.25, 0.3) is 0 Å². The Morgan fingerprint density at radius 1 is 1.08 bits per heavy atom. The molecule has 0 aromatic heterocycles. The second-order valence-corrected chi connectivity index (χ2v) is 9.20. The lowest BCUT2D eigenvalue weighted by Gasteiger charge is -2.35. The predicted molar refractivity (Wildman–Crippen MR) is 101 cm³/mol. The molecule has 140 valence electrons. The third-order valence-electron chi connectivity index (χ3n) is 5.68. The summed E-state index contributed by atoms with van der Waals surface area (Å²) in [4.78, 5) is 17.3. The molecule has 4 nitrogen and oxygen atoms in total. The largest absolute Gasteiger partial charge is 0.355 e. The van der Waals surface area contributed by atoms with Gasteiger partial charge in [-0.3, -0.25) is 4.79 Å². The standard InChI is InChI=1S/C20H39N3O/c1-20(2,16-22(3)4)15-21-19(24)18-10-12-23(13-11-18)14-17-8-6-5-7-9-17/h17-18H,5-16H2,1-4H3,(H,21,24). The molecule has 1 saturated heterocycles. The van der Waals surface area contributed by atoms with E-state index >= 15 is 0 Å². The Hall–Kier alpha value is -0.610. The fourth-order valence-electron chi connectivity index (χ4n) is 4.50. The molecule has 1 heterocycles. The van der Waals surface area contributed by atoms with Crippen LogP contribution in [0.1, 0.15) is 58.8 Å². The van der Waals surface area contributed by atoms with E-state index in [0.717, 1.165) is 44.9 Å². The summed E-state index contributed by atoms with van der Waals surface area (Å²) in [7, 11) is 4.18. The van der Waals surface area contributed by atoms with Crippen molar-refractivity contribution < 1.29 is 4.79 Å². The molecule has 1 N–H and O–H groups in total. The number of rotatable bonds is 7. The van der Waals surface area contributed by atoms with E-state index in [1.807, 2.05) is 0 Å². The van der Waals surface area contributed by atoms with Gasteiger partial charge in [0.1, 0.15) is 0 Å². The van der Waals surface area contributed by atoms with Gasteiger partial charge in [-0.2, -0.15) is 0 Å². The van der Waals surface area contributed by atoms with Crippen molar-refractivity contribution in [1.82, 2.24) is 15.1 Å². The van der Waals surface area contributed by atoms with Gasteiger partial charge in [0.25, 0.3) is 0 Å². The van der Waals surface area contributed by atoms with Crippen LogP contribution in [0.4, 0.5) is 0 Å². The maximum Gasteiger partial charge on any atom is 0.223 e. The van der Waals surface area contributed by atoms with Gasteiger partial charge in [0.05, 0.1) is 0 Å². The Bertz CT molecular complexity index is 380. The van der Waals surface area contributed by atoms with E-state index in [1.165, 1.54) is 38.6 Å². The molecule has 0 atom stereocenters. The summed E-state index contributed by atoms with van der Waals surface area (Å²) < 4.78 is 0. The van der Waals surface area contributed by atoms with Crippen molar-refractivity contribution >= 4 is 5.91 Å². The Labute approximate surface area is 149 Å². The van der Waals surface area contributed by atoms with Gasteiger partial charge in [-0.1, -0.05) is 33.1 Å². The summed E-state index contributed by atoms with van der Waals surface area (Å²) in [6, 6.07) is 0. The van der Waals surface area contributed by atoms with Crippen LogP contribution in [0.5, 0.6) is 0 Å². The molecule has 24 heavy (non-hydrogen) atoms. The van der Waals surface area contributed by atoms with Gasteiger partial charge in [-0.15, -0.1) is 0 Å². The second-order valence-electron chi connectivity index (χ2n) is 9.20. The zero-order chi connectivity index (χ0) is 17.6. The highest BCUT2D eigenvalue weighted by Gasteiger charge is 2.28. The van der Waals surface area contributed by atoms with Crippen LogP contribution >= 0.6 is 0 Å². The zero-order valence-corrected chi connectivity index (χ0v) is 16.4. The molecular formula is C20H39N3O. The number of carbonyl (C=O) groups is 1. The Morgan fingerprint density at radius 3 is 2.29 bits per heavy atom. The Morgan fingerprint density at radius 2 is 1.71 bits per heavy atom. The summed E-state index contributed by atoms with van der Waals surface area (Å²) >= 11 is 0. The second kappa shape index (κ2) is 9.19. The van der Waals surface area contributed by atoms with Crippen molar-refractivity contribution in [3.8, 4) is 0 Å². The molecule has 4 heteroatoms. The third-order valence-corrected chi connectivity index (χ3v) is 5.68. The minimum atomic E-state index is 0.126. The van der Waals surface area contributed by atoms with Gasteiger partial charge in [-0.05, 0) is 64.2 Å². The molecule has 1 aliphatic heterocycles. The summed E-state index contributed by atoms with van der Waals surface area (Å²) in [5.74, 6) is 1.41. The first kappa shape index (κ1) is 19.7. The number of amides is 1. The lowest BCUT2D eigenvalue weighted by Crippen LogP contribution is -2.45. The van der Waals surface area contributed by atoms with E-state index in [1.54, 1.807) is 0 Å². The molecule has 0 aromatic carbocycles. The molecule has 0 bridgehead atoms. The van der Waals surface area contributed by atoms with Crippen LogP contribution in [0.2, 0.25) is 0 Å². The van der Waals surface area contributed by atoms with Gasteiger partial charge in [0.2, 0.25) is 5.91 Å². The van der Waals surface area contributed by atoms with Crippen molar-refractivity contribution in [2.45, 2.75) is 58.8 Å². The molecule has 1 amide bonds. The molecule has 2 fully saturated rings. The number of carbonyl (C=O) groups excluding carboxylic acids is 1. The van der Waals surface area contributed by atoms with Gasteiger partial charge < -0.3 is 15.1 Å². The lowest BCUT2D eigenvalue weighted by atomic mass is 9.87. The normalized spacial score (nSPS) is 22.0. The first-order valence-electron chi connectivity index (χ1n) is 10.0. The quantitative estimate of drug-likeness (QED) is 0.776. The fraction of sp³-hybridized carbons (Fsp3) is 0.950. The van der Waals surface area contributed by atoms with Gasteiger partial charge in [0, 0.05) is 25.6 Å². The van der Waals surface area contributed by atoms with Crippen LogP contribution in [0.3, 0.4) is 0 Å². The van der Waals surface area contributed by atoms with Gasteiger partial charge in [-0.25, -0.2) is 0 Å². The predicted octanol–water partition coefficient (Wildman–Crippen LogP) is 2.98. The maximum atomic E-state index is 12.5. The zero-order valence-electron chi connectivity index (χ0n) is 16.4. The van der Waals surface area contributed by atoms with Crippen molar-refractivity contribution in [2.24, 2.45) is 17.3 Å². The molecule has 2 rings (SSSR count). The molecule has 0 aromatic rings. The third kappa shape index (κ3) is 6.72. The van der Waals surface area contributed by atoms with Crippen molar-refractivity contribution in [1.29, 1.82) is 0 Å². The monoisotopic (exact) mass is 337 g/mol. The van der Waals surface area contributed by atoms with E-state index in [2.05, 4.69) is 43.1 Å². The summed E-state index contributed by atoms with van der Waals surface area (Å²) in [6.45, 7) is 9.69. The van der Waals surface area contributed by atoms with Crippen LogP contribution in [-0.2, 0) is 4.79 Å². The van der Waals surface area contributed by atoms with E-state index in [9.17, 15) is 4.79 Å². The van der Waals surface area contributed by atoms with E-state index < -0.39 is 0 Å². The number of nitrogens with one attached hydrogen (secondary N) is 1. The van der Waals surface area contributed by atoms with Crippen LogP contribution in [-0.4, -0.2) is 62.5 Å². The average Bonchev–Trinajstić information content (AvgIpc) is 2.53. The SMILES string of the molecule is CN(C)CC(C)(C)CNC(=O)C1CCN(CC2CCCCC2)CC1. The van der Waals surface area contributed by atoms with Crippen LogP contribution < -0.4 is 5.32 Å². The minimum absolute atomic E-state index is 0.126. The highest BCUT2D eigenvalue weighted by atomic mass is 16.1. The first-order chi connectivity index (χ1) is 11.4. The van der Waals surface area contributed by atoms with Crippen LogP contribution in [0.15, 0.2) is 0 Å². The number of piperidine rings is 1. The molecule has 0 unspecified atom stereocenters. The summed E-state index contributed by atoms with van der Waals surface area (Å²) in [5, 5.41) is 3.21. The molecule has 0 spiro atoms. The molecule has 1 aliphatic carbocycles. The van der Waals surface area contributed by atoms with E-state index in [0.29, 0.717) is 0 Å². The van der Waals surface area contributed by atoms with Crippen molar-refractivity contribution in [2.75, 3.05) is 46.8 Å². The van der Waals surface area contributed by atoms with E-state index in [4.69, 9.17) is 0 Å². The highest BCUT2D eigenvalue weighted by Crippen LogP contribution is 2.26. The topological polar surface area (TPSA) is 35.6 Å². The Balaban J connectivity index is 1.66. The lowest BCUT2D eigenvalue weighted by molar-refractivity contribution is -0.127. The summed E-state index contributed by atoms with van der Waals surface area (Å²) in [5.41, 5.74) is 0.126. The maximum absolute atomic E-state index is 12.5. The minimum Gasteiger partial charge on any atom is -0.355 e. The Kier molecular flexibility index (Phi) is 7.55. The highest BCUT2D eigenvalue weighted by molar-refractivity contribution is 5.78.